The summed E-state index contributed by atoms with van der Waals surface area (Å²) in [5.41, 5.74) is 1.26. The zero-order valence-corrected chi connectivity index (χ0v) is 13.0. The minimum atomic E-state index is -0.710. The van der Waals surface area contributed by atoms with Crippen LogP contribution in [0.1, 0.15) is 49.3 Å². The first-order valence-corrected chi connectivity index (χ1v) is 8.01. The van der Waals surface area contributed by atoms with Crippen LogP contribution in [0.15, 0.2) is 0 Å². The molecule has 1 amide bonds. The lowest BCUT2D eigenvalue weighted by molar-refractivity contribution is -0.141. The van der Waals surface area contributed by atoms with Crippen molar-refractivity contribution >= 4 is 11.9 Å². The molecule has 22 heavy (non-hydrogen) atoms. The van der Waals surface area contributed by atoms with Crippen molar-refractivity contribution in [2.45, 2.75) is 52.1 Å². The van der Waals surface area contributed by atoms with Crippen LogP contribution in [0.2, 0.25) is 0 Å². The van der Waals surface area contributed by atoms with Gasteiger partial charge in [0.1, 0.15) is 0 Å². The fourth-order valence-corrected chi connectivity index (χ4v) is 3.94. The summed E-state index contributed by atoms with van der Waals surface area (Å²) >= 11 is 0. The molecule has 0 aliphatic heterocycles. The number of nitrogens with zero attached hydrogens (tertiary/aromatic N) is 3. The molecule has 7 nitrogen and oxygen atoms in total. The van der Waals surface area contributed by atoms with Gasteiger partial charge in [0.25, 0.3) is 5.91 Å². The van der Waals surface area contributed by atoms with Crippen molar-refractivity contribution < 1.29 is 14.7 Å². The summed E-state index contributed by atoms with van der Waals surface area (Å²) < 4.78 is 1.74. The van der Waals surface area contributed by atoms with E-state index in [0.717, 1.165) is 18.5 Å². The van der Waals surface area contributed by atoms with Crippen molar-refractivity contribution in [2.24, 2.45) is 17.8 Å². The number of aliphatic carboxylic acids is 1. The molecule has 1 aromatic heterocycles. The van der Waals surface area contributed by atoms with Gasteiger partial charge in [0, 0.05) is 12.6 Å². The first-order chi connectivity index (χ1) is 10.5. The number of amides is 1. The molecule has 0 aromatic carbocycles. The van der Waals surface area contributed by atoms with Crippen LogP contribution in [0.4, 0.5) is 0 Å². The van der Waals surface area contributed by atoms with Crippen LogP contribution in [-0.2, 0) is 17.8 Å². The van der Waals surface area contributed by atoms with Gasteiger partial charge in [0.05, 0.1) is 11.6 Å². The molecule has 2 aliphatic rings. The number of fused-ring (bicyclic) bond motifs is 1. The maximum absolute atomic E-state index is 12.4. The molecular formula is C15H22N4O3. The predicted molar refractivity (Wildman–Crippen MR) is 78.3 cm³/mol. The van der Waals surface area contributed by atoms with Crippen LogP contribution in [0.25, 0.3) is 0 Å². The summed E-state index contributed by atoms with van der Waals surface area (Å²) in [6.07, 6.45) is 3.01. The van der Waals surface area contributed by atoms with E-state index < -0.39 is 5.97 Å². The highest BCUT2D eigenvalue weighted by Crippen LogP contribution is 2.49. The SMILES string of the molecule is CCc1c(C(=O)N[C@@H]2C[C@@H]3CC(C(=O)O)C[C@@H]32)nnn1CC. The second kappa shape index (κ2) is 5.70. The first-order valence-electron chi connectivity index (χ1n) is 8.01. The number of rotatable bonds is 5. The highest BCUT2D eigenvalue weighted by molar-refractivity contribution is 5.93. The lowest BCUT2D eigenvalue weighted by Crippen LogP contribution is -2.50. The van der Waals surface area contributed by atoms with Crippen molar-refractivity contribution in [3.05, 3.63) is 11.4 Å². The Kier molecular flexibility index (Phi) is 3.88. The van der Waals surface area contributed by atoms with Gasteiger partial charge in [-0.2, -0.15) is 0 Å². The quantitative estimate of drug-likeness (QED) is 0.848. The number of nitrogens with one attached hydrogen (secondary N) is 1. The van der Waals surface area contributed by atoms with Gasteiger partial charge in [-0.25, -0.2) is 4.68 Å². The van der Waals surface area contributed by atoms with Gasteiger partial charge < -0.3 is 10.4 Å². The molecule has 7 heteroatoms. The Balaban J connectivity index is 1.64. The number of carboxylic acids is 1. The van der Waals surface area contributed by atoms with E-state index >= 15 is 0 Å². The standard InChI is InChI=1S/C15H22N4O3/c1-3-12-13(17-18-19(12)4-2)14(20)16-11-7-8-5-9(15(21)22)6-10(8)11/h8-11H,3-7H2,1-2H3,(H,16,20)(H,21,22)/t8-,9?,10-,11+/m0/s1. The summed E-state index contributed by atoms with van der Waals surface area (Å²) in [5, 5.41) is 20.2. The molecular weight excluding hydrogens is 284 g/mol. The highest BCUT2D eigenvalue weighted by Gasteiger charge is 2.50. The third-order valence-electron chi connectivity index (χ3n) is 5.18. The Labute approximate surface area is 129 Å². The predicted octanol–water partition coefficient (Wildman–Crippen LogP) is 1.09. The monoisotopic (exact) mass is 306 g/mol. The van der Waals surface area contributed by atoms with Crippen LogP contribution < -0.4 is 5.32 Å². The Morgan fingerprint density at radius 2 is 2.09 bits per heavy atom. The fourth-order valence-electron chi connectivity index (χ4n) is 3.94. The molecule has 3 rings (SSSR count). The topological polar surface area (TPSA) is 97.1 Å². The minimum absolute atomic E-state index is 0.0818. The third-order valence-corrected chi connectivity index (χ3v) is 5.18. The van der Waals surface area contributed by atoms with E-state index in [1.165, 1.54) is 0 Å². The van der Waals surface area contributed by atoms with Crippen molar-refractivity contribution in [3.8, 4) is 0 Å². The average Bonchev–Trinajstić information content (AvgIpc) is 3.05. The van der Waals surface area contributed by atoms with E-state index in [-0.39, 0.29) is 17.9 Å². The summed E-state index contributed by atoms with van der Waals surface area (Å²) in [5.74, 6) is -0.388. The summed E-state index contributed by atoms with van der Waals surface area (Å²) in [7, 11) is 0. The molecule has 1 heterocycles. The molecule has 0 spiro atoms. The lowest BCUT2D eigenvalue weighted by atomic mass is 9.71. The molecule has 2 saturated carbocycles. The number of hydrogen-bond acceptors (Lipinski definition) is 4. The molecule has 0 radical (unpaired) electrons. The van der Waals surface area contributed by atoms with Gasteiger partial charge >= 0.3 is 5.97 Å². The number of aryl methyl sites for hydroxylation is 1. The van der Waals surface area contributed by atoms with Crippen LogP contribution >= 0.6 is 0 Å². The molecule has 0 saturated heterocycles. The first kappa shape index (κ1) is 15.0. The van der Waals surface area contributed by atoms with Gasteiger partial charge in [-0.1, -0.05) is 12.1 Å². The number of carboxylic acid groups (broad SMARTS) is 1. The number of carbonyl (C=O) groups excluding carboxylic acids is 1. The lowest BCUT2D eigenvalue weighted by Gasteiger charge is -2.40. The molecule has 2 aliphatic carbocycles. The maximum atomic E-state index is 12.4. The fraction of sp³-hybridized carbons (Fsp3) is 0.733. The smallest absolute Gasteiger partial charge is 0.306 e. The van der Waals surface area contributed by atoms with Crippen LogP contribution in [0, 0.1) is 17.8 Å². The molecule has 4 atom stereocenters. The van der Waals surface area contributed by atoms with E-state index in [4.69, 9.17) is 5.11 Å². The Bertz CT molecular complexity index is 598. The van der Waals surface area contributed by atoms with E-state index in [2.05, 4.69) is 15.6 Å². The summed E-state index contributed by atoms with van der Waals surface area (Å²) in [6, 6.07) is 0.0818. The maximum Gasteiger partial charge on any atom is 0.306 e. The average molecular weight is 306 g/mol. The van der Waals surface area contributed by atoms with Gasteiger partial charge in [-0.05, 0) is 44.4 Å². The van der Waals surface area contributed by atoms with E-state index in [1.54, 1.807) is 4.68 Å². The van der Waals surface area contributed by atoms with E-state index in [1.807, 2.05) is 13.8 Å². The van der Waals surface area contributed by atoms with Gasteiger partial charge in [0.2, 0.25) is 0 Å². The largest absolute Gasteiger partial charge is 0.481 e. The summed E-state index contributed by atoms with van der Waals surface area (Å²) in [4.78, 5) is 23.5. The molecule has 0 bridgehead atoms. The minimum Gasteiger partial charge on any atom is -0.481 e. The molecule has 120 valence electrons. The Morgan fingerprint density at radius 1 is 1.32 bits per heavy atom. The second-order valence-corrected chi connectivity index (χ2v) is 6.30. The van der Waals surface area contributed by atoms with Gasteiger partial charge in [-0.3, -0.25) is 9.59 Å². The zero-order valence-electron chi connectivity index (χ0n) is 13.0. The number of aromatic nitrogens is 3. The van der Waals surface area contributed by atoms with Gasteiger partial charge in [0.15, 0.2) is 5.69 Å². The molecule has 2 N–H and O–H groups in total. The second-order valence-electron chi connectivity index (χ2n) is 6.30. The van der Waals surface area contributed by atoms with Crippen molar-refractivity contribution in [2.75, 3.05) is 0 Å². The Hall–Kier alpha value is -1.92. The highest BCUT2D eigenvalue weighted by atomic mass is 16.4. The molecule has 1 unspecified atom stereocenters. The summed E-state index contributed by atoms with van der Waals surface area (Å²) in [6.45, 7) is 4.64. The van der Waals surface area contributed by atoms with E-state index in [9.17, 15) is 9.59 Å². The Morgan fingerprint density at radius 3 is 2.73 bits per heavy atom. The normalized spacial score (nSPS) is 29.7. The molecule has 1 aromatic rings. The van der Waals surface area contributed by atoms with Crippen molar-refractivity contribution in [1.82, 2.24) is 20.3 Å². The van der Waals surface area contributed by atoms with Crippen molar-refractivity contribution in [1.29, 1.82) is 0 Å². The van der Waals surface area contributed by atoms with Crippen LogP contribution in [0.3, 0.4) is 0 Å². The van der Waals surface area contributed by atoms with Crippen molar-refractivity contribution in [3.63, 3.8) is 0 Å². The number of carbonyl (C=O) groups is 2. The third kappa shape index (κ3) is 2.38. The molecule has 2 fully saturated rings. The van der Waals surface area contributed by atoms with Crippen LogP contribution in [0.5, 0.6) is 0 Å². The van der Waals surface area contributed by atoms with Crippen LogP contribution in [-0.4, -0.2) is 38.0 Å². The zero-order chi connectivity index (χ0) is 15.9. The van der Waals surface area contributed by atoms with Gasteiger partial charge in [-0.15, -0.1) is 5.10 Å². The van der Waals surface area contributed by atoms with E-state index in [0.29, 0.717) is 36.9 Å². The number of hydrogen-bond donors (Lipinski definition) is 2.